The number of sulfonamides is 1. The molecule has 0 aliphatic heterocycles. The van der Waals surface area contributed by atoms with E-state index in [9.17, 15) is 18.0 Å². The number of rotatable bonds is 13. The highest BCUT2D eigenvalue weighted by molar-refractivity contribution is 7.98. The molecule has 0 heterocycles. The van der Waals surface area contributed by atoms with Crippen molar-refractivity contribution in [2.75, 3.05) is 17.1 Å². The summed E-state index contributed by atoms with van der Waals surface area (Å²) in [6.07, 6.45) is 2.93. The molecule has 2 atom stereocenters. The number of halogens is 2. The summed E-state index contributed by atoms with van der Waals surface area (Å²) >= 11 is 14.1. The van der Waals surface area contributed by atoms with E-state index in [2.05, 4.69) is 5.32 Å². The molecular formula is C31H37Cl2N3O4S2. The number of amides is 2. The van der Waals surface area contributed by atoms with Crippen LogP contribution in [0.15, 0.2) is 76.5 Å². The van der Waals surface area contributed by atoms with Gasteiger partial charge in [0.2, 0.25) is 11.8 Å². The van der Waals surface area contributed by atoms with E-state index in [0.29, 0.717) is 34.1 Å². The monoisotopic (exact) mass is 649 g/mol. The molecule has 0 spiro atoms. The van der Waals surface area contributed by atoms with Crippen LogP contribution >= 0.6 is 35.0 Å². The number of nitrogens with one attached hydrogen (secondary N) is 1. The number of aryl methyl sites for hydroxylation is 1. The number of hydrogen-bond acceptors (Lipinski definition) is 5. The minimum absolute atomic E-state index is 0.00846. The Labute approximate surface area is 263 Å². The number of nitrogens with zero attached hydrogens (tertiary/aromatic N) is 2. The maximum atomic E-state index is 14.2. The molecule has 0 aromatic heterocycles. The van der Waals surface area contributed by atoms with Gasteiger partial charge in [-0.15, -0.1) is 11.8 Å². The predicted octanol–water partition coefficient (Wildman–Crippen LogP) is 6.94. The molecule has 1 N–H and O–H groups in total. The van der Waals surface area contributed by atoms with Gasteiger partial charge in [0, 0.05) is 27.5 Å². The lowest BCUT2D eigenvalue weighted by molar-refractivity contribution is -0.140. The third kappa shape index (κ3) is 8.43. The second-order valence-corrected chi connectivity index (χ2v) is 13.6. The highest BCUT2D eigenvalue weighted by Crippen LogP contribution is 2.28. The molecule has 11 heteroatoms. The van der Waals surface area contributed by atoms with Crippen LogP contribution in [0.4, 0.5) is 5.69 Å². The summed E-state index contributed by atoms with van der Waals surface area (Å²) in [4.78, 5) is 30.0. The third-order valence-electron chi connectivity index (χ3n) is 6.99. The molecule has 2 amide bonds. The lowest BCUT2D eigenvalue weighted by atomic mass is 10.1. The first kappa shape index (κ1) is 33.8. The van der Waals surface area contributed by atoms with Gasteiger partial charge in [0.15, 0.2) is 0 Å². The van der Waals surface area contributed by atoms with Gasteiger partial charge in [0.1, 0.15) is 12.6 Å². The van der Waals surface area contributed by atoms with Gasteiger partial charge < -0.3 is 10.2 Å². The molecular weight excluding hydrogens is 613 g/mol. The van der Waals surface area contributed by atoms with Crippen molar-refractivity contribution in [2.24, 2.45) is 0 Å². The first-order valence-electron chi connectivity index (χ1n) is 13.7. The minimum Gasteiger partial charge on any atom is -0.352 e. The Kier molecular flexibility index (Phi) is 12.2. The van der Waals surface area contributed by atoms with E-state index in [0.717, 1.165) is 14.8 Å². The Morgan fingerprint density at radius 2 is 1.60 bits per heavy atom. The molecule has 0 unspecified atom stereocenters. The van der Waals surface area contributed by atoms with Crippen LogP contribution in [0.2, 0.25) is 10.0 Å². The van der Waals surface area contributed by atoms with Gasteiger partial charge in [-0.25, -0.2) is 8.42 Å². The Bertz CT molecular complexity index is 1480. The smallest absolute Gasteiger partial charge is 0.264 e. The van der Waals surface area contributed by atoms with E-state index >= 15 is 0 Å². The Hall–Kier alpha value is -2.72. The first-order valence-corrected chi connectivity index (χ1v) is 17.1. The topological polar surface area (TPSA) is 86.8 Å². The van der Waals surface area contributed by atoms with E-state index in [-0.39, 0.29) is 23.4 Å². The molecule has 0 aliphatic carbocycles. The molecule has 3 aromatic rings. The Morgan fingerprint density at radius 3 is 2.14 bits per heavy atom. The molecule has 0 fully saturated rings. The zero-order chi connectivity index (χ0) is 31.0. The van der Waals surface area contributed by atoms with Crippen LogP contribution in [-0.2, 0) is 26.2 Å². The number of benzene rings is 3. The Morgan fingerprint density at radius 1 is 0.952 bits per heavy atom. The molecule has 3 aromatic carbocycles. The molecule has 0 aliphatic rings. The van der Waals surface area contributed by atoms with E-state index in [1.165, 1.54) is 28.8 Å². The van der Waals surface area contributed by atoms with Crippen LogP contribution in [0, 0.1) is 6.92 Å². The van der Waals surface area contributed by atoms with Crippen molar-refractivity contribution >= 4 is 62.5 Å². The highest BCUT2D eigenvalue weighted by atomic mass is 35.5. The van der Waals surface area contributed by atoms with Gasteiger partial charge in [0.25, 0.3) is 10.0 Å². The van der Waals surface area contributed by atoms with Crippen LogP contribution in [0.1, 0.15) is 44.7 Å². The highest BCUT2D eigenvalue weighted by Gasteiger charge is 2.34. The van der Waals surface area contributed by atoms with Gasteiger partial charge in [0.05, 0.1) is 10.6 Å². The number of thioether (sulfide) groups is 1. The van der Waals surface area contributed by atoms with Crippen LogP contribution in [0.25, 0.3) is 0 Å². The van der Waals surface area contributed by atoms with E-state index in [1.807, 2.05) is 34.0 Å². The average Bonchev–Trinajstić information content (AvgIpc) is 2.97. The number of anilines is 1. The van der Waals surface area contributed by atoms with Crippen molar-refractivity contribution < 1.29 is 18.0 Å². The van der Waals surface area contributed by atoms with Crippen LogP contribution in [0.3, 0.4) is 0 Å². The number of carbonyl (C=O) groups is 2. The van der Waals surface area contributed by atoms with Crippen molar-refractivity contribution in [1.82, 2.24) is 10.2 Å². The molecule has 226 valence electrons. The van der Waals surface area contributed by atoms with E-state index < -0.39 is 28.5 Å². The third-order valence-corrected chi connectivity index (χ3v) is 10.1. The second-order valence-electron chi connectivity index (χ2n) is 10.0. The first-order chi connectivity index (χ1) is 19.9. The quantitative estimate of drug-likeness (QED) is 0.203. The van der Waals surface area contributed by atoms with Gasteiger partial charge in [-0.05, 0) is 87.0 Å². The van der Waals surface area contributed by atoms with Gasteiger partial charge in [-0.1, -0.05) is 60.8 Å². The van der Waals surface area contributed by atoms with Crippen molar-refractivity contribution in [3.63, 3.8) is 0 Å². The van der Waals surface area contributed by atoms with Gasteiger partial charge in [-0.3, -0.25) is 13.9 Å². The molecule has 3 rings (SSSR count). The standard InChI is InChI=1S/C31H37Cl2N3O4S2/c1-6-22(4)34-31(38)29(7-2)35(19-23-10-11-24(32)18-28(23)33)30(37)20-36(25-12-8-21(3)9-13-25)42(39,40)27-16-14-26(41-5)15-17-27/h8-18,22,29H,6-7,19-20H2,1-5H3,(H,34,38)/t22-,29-/m1/s1. The number of carbonyl (C=O) groups excluding carboxylic acids is 2. The maximum absolute atomic E-state index is 14.2. The van der Waals surface area contributed by atoms with Crippen molar-refractivity contribution in [3.05, 3.63) is 87.9 Å². The van der Waals surface area contributed by atoms with Crippen molar-refractivity contribution in [1.29, 1.82) is 0 Å². The number of hydrogen-bond donors (Lipinski definition) is 1. The summed E-state index contributed by atoms with van der Waals surface area (Å²) in [5.41, 5.74) is 1.87. The normalized spacial score (nSPS) is 12.8. The fraction of sp³-hybridized carbons (Fsp3) is 0.355. The lowest BCUT2D eigenvalue weighted by Crippen LogP contribution is -2.53. The summed E-state index contributed by atoms with van der Waals surface area (Å²) in [7, 11) is -4.15. The SMILES string of the molecule is CC[C@@H](C)NC(=O)[C@@H](CC)N(Cc1ccc(Cl)cc1Cl)C(=O)CN(c1ccc(C)cc1)S(=O)(=O)c1ccc(SC)cc1. The summed E-state index contributed by atoms with van der Waals surface area (Å²) in [6, 6.07) is 17.4. The predicted molar refractivity (Wildman–Crippen MR) is 173 cm³/mol. The lowest BCUT2D eigenvalue weighted by Gasteiger charge is -2.34. The fourth-order valence-electron chi connectivity index (χ4n) is 4.31. The van der Waals surface area contributed by atoms with E-state index in [4.69, 9.17) is 23.2 Å². The molecule has 0 radical (unpaired) electrons. The largest absolute Gasteiger partial charge is 0.352 e. The second kappa shape index (κ2) is 15.1. The minimum atomic E-state index is -4.15. The molecule has 0 saturated carbocycles. The zero-order valence-corrected chi connectivity index (χ0v) is 27.6. The summed E-state index contributed by atoms with van der Waals surface area (Å²) in [6.45, 7) is 7.03. The summed E-state index contributed by atoms with van der Waals surface area (Å²) in [5.74, 6) is -0.861. The van der Waals surface area contributed by atoms with Gasteiger partial charge in [-0.2, -0.15) is 0 Å². The van der Waals surface area contributed by atoms with E-state index in [1.54, 1.807) is 54.6 Å². The Balaban J connectivity index is 2.08. The fourth-order valence-corrected chi connectivity index (χ4v) is 6.60. The average molecular weight is 651 g/mol. The van der Waals surface area contributed by atoms with Crippen molar-refractivity contribution in [2.45, 2.75) is 69.0 Å². The molecule has 0 bridgehead atoms. The molecule has 7 nitrogen and oxygen atoms in total. The molecule has 0 saturated heterocycles. The van der Waals surface area contributed by atoms with Crippen LogP contribution in [-0.4, -0.2) is 50.0 Å². The van der Waals surface area contributed by atoms with Crippen LogP contribution < -0.4 is 9.62 Å². The van der Waals surface area contributed by atoms with Crippen LogP contribution in [0.5, 0.6) is 0 Å². The summed E-state index contributed by atoms with van der Waals surface area (Å²) in [5, 5.41) is 3.74. The maximum Gasteiger partial charge on any atom is 0.264 e. The molecule has 42 heavy (non-hydrogen) atoms. The summed E-state index contributed by atoms with van der Waals surface area (Å²) < 4.78 is 29.1. The van der Waals surface area contributed by atoms with Crippen molar-refractivity contribution in [3.8, 4) is 0 Å². The zero-order valence-electron chi connectivity index (χ0n) is 24.4. The van der Waals surface area contributed by atoms with Gasteiger partial charge >= 0.3 is 0 Å².